The van der Waals surface area contributed by atoms with Crippen molar-refractivity contribution in [3.8, 4) is 17.2 Å². The first kappa shape index (κ1) is 17.2. The number of hydrogen-bond donors (Lipinski definition) is 3. The van der Waals surface area contributed by atoms with Gasteiger partial charge < -0.3 is 15.3 Å². The molecule has 3 aromatic rings. The molecule has 0 unspecified atom stereocenters. The molecule has 130 valence electrons. The second-order valence-corrected chi connectivity index (χ2v) is 5.73. The number of rotatable bonds is 4. The van der Waals surface area contributed by atoms with Crippen molar-refractivity contribution in [3.63, 3.8) is 0 Å². The summed E-state index contributed by atoms with van der Waals surface area (Å²) in [5.74, 6) is 0.197. The van der Waals surface area contributed by atoms with Crippen LogP contribution in [0.25, 0.3) is 0 Å². The fourth-order valence-corrected chi connectivity index (χ4v) is 2.42. The second kappa shape index (κ2) is 7.53. The van der Waals surface area contributed by atoms with Gasteiger partial charge in [-0.25, -0.2) is 4.99 Å². The first-order valence-electron chi connectivity index (χ1n) is 8.03. The van der Waals surface area contributed by atoms with E-state index in [9.17, 15) is 15.3 Å². The summed E-state index contributed by atoms with van der Waals surface area (Å²) in [5, 5.41) is 29.9. The fourth-order valence-electron chi connectivity index (χ4n) is 2.42. The van der Waals surface area contributed by atoms with Gasteiger partial charge in [-0.3, -0.25) is 4.99 Å². The van der Waals surface area contributed by atoms with Crippen LogP contribution < -0.4 is 0 Å². The first-order valence-corrected chi connectivity index (χ1v) is 8.03. The summed E-state index contributed by atoms with van der Waals surface area (Å²) in [4.78, 5) is 8.73. The Bertz CT molecular complexity index is 914. The van der Waals surface area contributed by atoms with Crippen LogP contribution in [-0.4, -0.2) is 27.7 Å². The molecule has 0 radical (unpaired) electrons. The van der Waals surface area contributed by atoms with Crippen molar-refractivity contribution >= 4 is 23.8 Å². The maximum Gasteiger partial charge on any atom is 0.143 e. The molecule has 0 atom stereocenters. The predicted molar refractivity (Wildman–Crippen MR) is 104 cm³/mol. The molecule has 0 aliphatic rings. The van der Waals surface area contributed by atoms with Crippen molar-refractivity contribution in [1.29, 1.82) is 0 Å². The molecule has 3 rings (SSSR count). The lowest BCUT2D eigenvalue weighted by molar-refractivity contribution is 0.473. The molecule has 0 heterocycles. The smallest absolute Gasteiger partial charge is 0.143 e. The summed E-state index contributed by atoms with van der Waals surface area (Å²) in [6.45, 7) is 1.86. The van der Waals surface area contributed by atoms with E-state index in [-0.39, 0.29) is 17.2 Å². The largest absolute Gasteiger partial charge is 0.507 e. The minimum absolute atomic E-state index is 0.0216. The lowest BCUT2D eigenvalue weighted by atomic mass is 10.1. The van der Waals surface area contributed by atoms with Gasteiger partial charge in [0.2, 0.25) is 0 Å². The standard InChI is InChI=1S/C21H18N2O3/c1-14-10-11-19(26)21(23-13-16-7-3-5-9-18(16)25)20(14)22-12-15-6-2-4-8-17(15)24/h2-13,24-26H,1H3. The van der Waals surface area contributed by atoms with E-state index in [0.717, 1.165) is 5.56 Å². The molecule has 3 N–H and O–H groups in total. The molecule has 0 amide bonds. The van der Waals surface area contributed by atoms with Gasteiger partial charge >= 0.3 is 0 Å². The number of aliphatic imine (C=N–C) groups is 2. The third-order valence-corrected chi connectivity index (χ3v) is 3.87. The van der Waals surface area contributed by atoms with E-state index >= 15 is 0 Å². The van der Waals surface area contributed by atoms with Crippen molar-refractivity contribution in [3.05, 3.63) is 77.4 Å². The summed E-state index contributed by atoms with van der Waals surface area (Å²) in [5.41, 5.74) is 2.69. The van der Waals surface area contributed by atoms with Gasteiger partial charge in [-0.15, -0.1) is 0 Å². The van der Waals surface area contributed by atoms with E-state index in [1.165, 1.54) is 12.4 Å². The van der Waals surface area contributed by atoms with Crippen molar-refractivity contribution in [1.82, 2.24) is 0 Å². The number of phenols is 3. The topological polar surface area (TPSA) is 85.4 Å². The monoisotopic (exact) mass is 346 g/mol. The normalized spacial score (nSPS) is 11.4. The Hall–Kier alpha value is -3.60. The van der Waals surface area contributed by atoms with Crippen molar-refractivity contribution < 1.29 is 15.3 Å². The van der Waals surface area contributed by atoms with E-state index in [0.29, 0.717) is 22.5 Å². The number of aryl methyl sites for hydroxylation is 1. The van der Waals surface area contributed by atoms with E-state index in [1.54, 1.807) is 60.7 Å². The Morgan fingerprint density at radius 3 is 1.65 bits per heavy atom. The zero-order chi connectivity index (χ0) is 18.5. The average Bonchev–Trinajstić information content (AvgIpc) is 2.64. The number of hydrogen-bond acceptors (Lipinski definition) is 5. The van der Waals surface area contributed by atoms with Crippen LogP contribution in [0.5, 0.6) is 17.2 Å². The van der Waals surface area contributed by atoms with Crippen LogP contribution >= 0.6 is 0 Å². The van der Waals surface area contributed by atoms with Gasteiger partial charge in [0, 0.05) is 23.6 Å². The third kappa shape index (κ3) is 3.72. The van der Waals surface area contributed by atoms with Crippen LogP contribution in [0.1, 0.15) is 16.7 Å². The lowest BCUT2D eigenvalue weighted by Gasteiger charge is -2.07. The van der Waals surface area contributed by atoms with Gasteiger partial charge in [-0.1, -0.05) is 30.3 Å². The summed E-state index contributed by atoms with van der Waals surface area (Å²) >= 11 is 0. The van der Waals surface area contributed by atoms with Crippen molar-refractivity contribution in [2.45, 2.75) is 6.92 Å². The molecule has 0 saturated carbocycles. The van der Waals surface area contributed by atoms with E-state index in [2.05, 4.69) is 9.98 Å². The van der Waals surface area contributed by atoms with Gasteiger partial charge in [-0.2, -0.15) is 0 Å². The minimum Gasteiger partial charge on any atom is -0.507 e. The quantitative estimate of drug-likeness (QED) is 0.603. The van der Waals surface area contributed by atoms with Gasteiger partial charge in [0.25, 0.3) is 0 Å². The van der Waals surface area contributed by atoms with Crippen LogP contribution in [0.15, 0.2) is 70.6 Å². The number of para-hydroxylation sites is 2. The van der Waals surface area contributed by atoms with E-state index in [1.807, 2.05) is 6.92 Å². The fraction of sp³-hybridized carbons (Fsp3) is 0.0476. The van der Waals surface area contributed by atoms with Crippen LogP contribution in [0.2, 0.25) is 0 Å². The number of aromatic hydroxyl groups is 3. The Balaban J connectivity index is 2.02. The van der Waals surface area contributed by atoms with Crippen molar-refractivity contribution in [2.24, 2.45) is 9.98 Å². The Morgan fingerprint density at radius 2 is 1.12 bits per heavy atom. The zero-order valence-electron chi connectivity index (χ0n) is 14.2. The van der Waals surface area contributed by atoms with Crippen LogP contribution in [0.4, 0.5) is 11.4 Å². The number of phenolic OH excluding ortho intramolecular Hbond substituents is 3. The highest BCUT2D eigenvalue weighted by atomic mass is 16.3. The van der Waals surface area contributed by atoms with Crippen molar-refractivity contribution in [2.75, 3.05) is 0 Å². The van der Waals surface area contributed by atoms with Gasteiger partial charge in [0.15, 0.2) is 0 Å². The van der Waals surface area contributed by atoms with Crippen LogP contribution in [-0.2, 0) is 0 Å². The van der Waals surface area contributed by atoms with Gasteiger partial charge in [-0.05, 0) is 42.8 Å². The van der Waals surface area contributed by atoms with Gasteiger partial charge in [0.05, 0.1) is 5.69 Å². The molecule has 0 saturated heterocycles. The molecule has 0 bridgehead atoms. The molecule has 3 aromatic carbocycles. The molecule has 0 fully saturated rings. The zero-order valence-corrected chi connectivity index (χ0v) is 14.2. The molecular formula is C21H18N2O3. The summed E-state index contributed by atoms with van der Waals surface area (Å²) < 4.78 is 0. The molecule has 0 aromatic heterocycles. The Morgan fingerprint density at radius 1 is 0.615 bits per heavy atom. The molecule has 5 nitrogen and oxygen atoms in total. The molecular weight excluding hydrogens is 328 g/mol. The first-order chi connectivity index (χ1) is 12.6. The van der Waals surface area contributed by atoms with Crippen LogP contribution in [0, 0.1) is 6.92 Å². The highest BCUT2D eigenvalue weighted by Gasteiger charge is 2.09. The molecule has 0 spiro atoms. The molecule has 5 heteroatoms. The number of benzene rings is 3. The van der Waals surface area contributed by atoms with Gasteiger partial charge in [0.1, 0.15) is 22.9 Å². The minimum atomic E-state index is -0.0216. The summed E-state index contributed by atoms with van der Waals surface area (Å²) in [7, 11) is 0. The average molecular weight is 346 g/mol. The lowest BCUT2D eigenvalue weighted by Crippen LogP contribution is -1.85. The highest BCUT2D eigenvalue weighted by molar-refractivity contribution is 5.91. The van der Waals surface area contributed by atoms with Crippen LogP contribution in [0.3, 0.4) is 0 Å². The molecule has 0 aliphatic carbocycles. The highest BCUT2D eigenvalue weighted by Crippen LogP contribution is 2.39. The second-order valence-electron chi connectivity index (χ2n) is 5.73. The Labute approximate surface area is 151 Å². The summed E-state index contributed by atoms with van der Waals surface area (Å²) in [6.07, 6.45) is 3.00. The third-order valence-electron chi connectivity index (χ3n) is 3.87. The maximum atomic E-state index is 10.2. The van der Waals surface area contributed by atoms with E-state index < -0.39 is 0 Å². The molecule has 0 aliphatic heterocycles. The SMILES string of the molecule is Cc1ccc(O)c(N=Cc2ccccc2O)c1N=Cc1ccccc1O. The molecule has 26 heavy (non-hydrogen) atoms. The van der Waals surface area contributed by atoms with E-state index in [4.69, 9.17) is 0 Å². The maximum absolute atomic E-state index is 10.2. The summed E-state index contributed by atoms with van der Waals surface area (Å²) in [6, 6.07) is 16.9. The Kier molecular flexibility index (Phi) is 4.99. The number of nitrogens with zero attached hydrogens (tertiary/aromatic N) is 2. The predicted octanol–water partition coefficient (Wildman–Crippen LogP) is 4.61.